The largest absolute Gasteiger partial charge is 0.368 e. The van der Waals surface area contributed by atoms with Crippen molar-refractivity contribution in [2.24, 2.45) is 0 Å². The van der Waals surface area contributed by atoms with Gasteiger partial charge in [-0.05, 0) is 25.5 Å². The number of nitrogens with zero attached hydrogens (tertiary/aromatic N) is 4. The van der Waals surface area contributed by atoms with E-state index in [1.165, 1.54) is 27.2 Å². The molecule has 0 amide bonds. The Morgan fingerprint density at radius 3 is 2.67 bits per heavy atom. The van der Waals surface area contributed by atoms with Gasteiger partial charge in [-0.15, -0.1) is 11.3 Å². The molecule has 2 aromatic heterocycles. The molecule has 152 valence electrons. The molecule has 2 aromatic carbocycles. The maximum Gasteiger partial charge on any atom is 0.123 e. The van der Waals surface area contributed by atoms with E-state index in [0.717, 1.165) is 49.7 Å². The van der Waals surface area contributed by atoms with Crippen LogP contribution in [0.25, 0.3) is 21.5 Å². The highest BCUT2D eigenvalue weighted by Crippen LogP contribution is 2.29. The summed E-state index contributed by atoms with van der Waals surface area (Å²) in [5.41, 5.74) is 4.80. The highest BCUT2D eigenvalue weighted by Gasteiger charge is 2.19. The third-order valence-corrected chi connectivity index (χ3v) is 6.89. The van der Waals surface area contributed by atoms with Gasteiger partial charge >= 0.3 is 0 Å². The Morgan fingerprint density at radius 1 is 0.900 bits per heavy atom. The van der Waals surface area contributed by atoms with Crippen LogP contribution in [0.2, 0.25) is 0 Å². The number of rotatable bonds is 4. The number of aromatic nitrogens is 2. The second-order valence-electron chi connectivity index (χ2n) is 7.86. The summed E-state index contributed by atoms with van der Waals surface area (Å²) in [6.07, 6.45) is 3.04. The minimum atomic E-state index is 0.927. The lowest BCUT2D eigenvalue weighted by molar-refractivity contribution is 0.282. The van der Waals surface area contributed by atoms with E-state index < -0.39 is 0 Å². The van der Waals surface area contributed by atoms with Gasteiger partial charge in [0.05, 0.1) is 16.9 Å². The number of para-hydroxylation sites is 1. The van der Waals surface area contributed by atoms with Crippen LogP contribution in [0.3, 0.4) is 0 Å². The van der Waals surface area contributed by atoms with E-state index in [4.69, 9.17) is 4.98 Å². The van der Waals surface area contributed by atoms with Crippen molar-refractivity contribution in [2.75, 3.05) is 31.1 Å². The third-order valence-electron chi connectivity index (χ3n) is 5.83. The summed E-state index contributed by atoms with van der Waals surface area (Å²) in [6, 6.07) is 21.2. The Morgan fingerprint density at radius 2 is 1.77 bits per heavy atom. The van der Waals surface area contributed by atoms with Crippen LogP contribution >= 0.6 is 11.3 Å². The number of hydrogen-bond acceptors (Lipinski definition) is 5. The van der Waals surface area contributed by atoms with Crippen LogP contribution in [0.5, 0.6) is 0 Å². The van der Waals surface area contributed by atoms with Crippen LogP contribution in [0, 0.1) is 6.92 Å². The normalized spacial score (nSPS) is 15.4. The summed E-state index contributed by atoms with van der Waals surface area (Å²) in [7, 11) is 0. The number of hydrogen-bond donors (Lipinski definition) is 0. The Kier molecular flexibility index (Phi) is 5.47. The molecule has 1 aliphatic heterocycles. The van der Waals surface area contributed by atoms with Gasteiger partial charge in [-0.2, -0.15) is 0 Å². The highest BCUT2D eigenvalue weighted by atomic mass is 32.1. The third kappa shape index (κ3) is 3.95. The standard InChI is InChI=1S/C25H26N4S/c1-19-22(27-25(30-19)21-8-3-2-4-9-21)18-28-14-7-15-29(17-16-28)23-12-5-10-20-11-6-13-26-24(20)23/h2-6,8-13H,7,14-18H2,1H3. The van der Waals surface area contributed by atoms with Gasteiger partial charge in [0.25, 0.3) is 0 Å². The molecule has 4 nitrogen and oxygen atoms in total. The molecule has 4 aromatic rings. The smallest absolute Gasteiger partial charge is 0.123 e. The molecule has 0 spiro atoms. The van der Waals surface area contributed by atoms with Crippen molar-refractivity contribution in [3.63, 3.8) is 0 Å². The topological polar surface area (TPSA) is 32.3 Å². The van der Waals surface area contributed by atoms with E-state index in [-0.39, 0.29) is 0 Å². The van der Waals surface area contributed by atoms with Crippen LogP contribution in [0.1, 0.15) is 17.0 Å². The molecule has 1 fully saturated rings. The molecule has 1 aliphatic rings. The lowest BCUT2D eigenvalue weighted by atomic mass is 10.1. The van der Waals surface area contributed by atoms with Crippen molar-refractivity contribution >= 4 is 27.9 Å². The average molecular weight is 415 g/mol. The Labute approximate surface area is 181 Å². The van der Waals surface area contributed by atoms with Crippen LogP contribution in [-0.2, 0) is 6.54 Å². The summed E-state index contributed by atoms with van der Waals surface area (Å²) in [5, 5.41) is 2.34. The zero-order valence-corrected chi connectivity index (χ0v) is 18.1. The monoisotopic (exact) mass is 414 g/mol. The van der Waals surface area contributed by atoms with Gasteiger partial charge in [0.2, 0.25) is 0 Å². The van der Waals surface area contributed by atoms with Crippen molar-refractivity contribution in [3.8, 4) is 10.6 Å². The first kappa shape index (κ1) is 19.2. The lowest BCUT2D eigenvalue weighted by Crippen LogP contribution is -2.30. The summed E-state index contributed by atoms with van der Waals surface area (Å²) in [5.74, 6) is 0. The number of pyridine rings is 1. The molecule has 0 unspecified atom stereocenters. The number of benzene rings is 2. The Balaban J connectivity index is 1.30. The predicted molar refractivity (Wildman–Crippen MR) is 126 cm³/mol. The van der Waals surface area contributed by atoms with Crippen molar-refractivity contribution in [1.82, 2.24) is 14.9 Å². The van der Waals surface area contributed by atoms with E-state index in [9.17, 15) is 0 Å². The molecular weight excluding hydrogens is 388 g/mol. The highest BCUT2D eigenvalue weighted by molar-refractivity contribution is 7.15. The first-order valence-corrected chi connectivity index (χ1v) is 11.4. The van der Waals surface area contributed by atoms with E-state index >= 15 is 0 Å². The molecule has 30 heavy (non-hydrogen) atoms. The van der Waals surface area contributed by atoms with Gasteiger partial charge in [0.1, 0.15) is 5.01 Å². The molecule has 3 heterocycles. The number of thiazole rings is 1. The van der Waals surface area contributed by atoms with Crippen LogP contribution < -0.4 is 4.90 Å². The second-order valence-corrected chi connectivity index (χ2v) is 9.06. The lowest BCUT2D eigenvalue weighted by Gasteiger charge is -2.24. The van der Waals surface area contributed by atoms with Crippen molar-refractivity contribution in [3.05, 3.63) is 77.4 Å². The first-order chi connectivity index (χ1) is 14.8. The molecule has 5 rings (SSSR count). The maximum absolute atomic E-state index is 4.98. The molecule has 0 atom stereocenters. The molecule has 0 bridgehead atoms. The summed E-state index contributed by atoms with van der Waals surface area (Å²) < 4.78 is 0. The minimum Gasteiger partial charge on any atom is -0.368 e. The van der Waals surface area contributed by atoms with Gasteiger partial charge in [0, 0.05) is 54.7 Å². The molecular formula is C25H26N4S. The minimum absolute atomic E-state index is 0.927. The van der Waals surface area contributed by atoms with Crippen LogP contribution in [0.4, 0.5) is 5.69 Å². The fraction of sp³-hybridized carbons (Fsp3) is 0.280. The molecule has 0 N–H and O–H groups in total. The average Bonchev–Trinajstić information content (AvgIpc) is 3.00. The van der Waals surface area contributed by atoms with Gasteiger partial charge in [-0.3, -0.25) is 9.88 Å². The summed E-state index contributed by atoms with van der Waals surface area (Å²) in [4.78, 5) is 16.0. The van der Waals surface area contributed by atoms with Crippen molar-refractivity contribution < 1.29 is 0 Å². The summed E-state index contributed by atoms with van der Waals surface area (Å²) >= 11 is 1.80. The van der Waals surface area contributed by atoms with E-state index in [1.807, 2.05) is 12.3 Å². The fourth-order valence-corrected chi connectivity index (χ4v) is 5.13. The Hall–Kier alpha value is -2.76. The SMILES string of the molecule is Cc1sc(-c2ccccc2)nc1CN1CCCN(c2cccc3cccnc23)CC1. The number of fused-ring (bicyclic) bond motifs is 1. The Bertz CT molecular complexity index is 1130. The summed E-state index contributed by atoms with van der Waals surface area (Å²) in [6.45, 7) is 7.36. The van der Waals surface area contributed by atoms with Crippen molar-refractivity contribution in [2.45, 2.75) is 19.9 Å². The van der Waals surface area contributed by atoms with Gasteiger partial charge in [-0.25, -0.2) is 4.98 Å². The van der Waals surface area contributed by atoms with E-state index in [1.54, 1.807) is 11.3 Å². The first-order valence-electron chi connectivity index (χ1n) is 10.6. The molecule has 5 heteroatoms. The van der Waals surface area contributed by atoms with Crippen LogP contribution in [-0.4, -0.2) is 41.0 Å². The van der Waals surface area contributed by atoms with Gasteiger partial charge < -0.3 is 4.90 Å². The maximum atomic E-state index is 4.98. The van der Waals surface area contributed by atoms with Crippen molar-refractivity contribution in [1.29, 1.82) is 0 Å². The zero-order chi connectivity index (χ0) is 20.3. The van der Waals surface area contributed by atoms with Crippen LogP contribution in [0.15, 0.2) is 66.9 Å². The fourth-order valence-electron chi connectivity index (χ4n) is 4.20. The zero-order valence-electron chi connectivity index (χ0n) is 17.3. The molecule has 0 saturated carbocycles. The second kappa shape index (κ2) is 8.54. The number of aryl methyl sites for hydroxylation is 1. The quantitative estimate of drug-likeness (QED) is 0.449. The molecule has 1 saturated heterocycles. The van der Waals surface area contributed by atoms with E-state index in [2.05, 4.69) is 76.3 Å². The molecule has 0 aliphatic carbocycles. The number of anilines is 1. The predicted octanol–water partition coefficient (Wildman–Crippen LogP) is 5.38. The van der Waals surface area contributed by atoms with E-state index in [0.29, 0.717) is 0 Å². The van der Waals surface area contributed by atoms with Gasteiger partial charge in [0.15, 0.2) is 0 Å². The van der Waals surface area contributed by atoms with Gasteiger partial charge in [-0.1, -0.05) is 48.5 Å². The molecule has 0 radical (unpaired) electrons.